The molecule has 5 nitrogen and oxygen atoms in total. The van der Waals surface area contributed by atoms with Crippen LogP contribution < -0.4 is 5.73 Å². The van der Waals surface area contributed by atoms with Crippen LogP contribution in [-0.4, -0.2) is 40.5 Å². The Bertz CT molecular complexity index is 298. The molecule has 0 aromatic heterocycles. The van der Waals surface area contributed by atoms with E-state index in [1.165, 1.54) is 4.90 Å². The number of carbonyl (C=O) groups is 2. The van der Waals surface area contributed by atoms with E-state index in [0.29, 0.717) is 12.3 Å². The molecule has 0 radical (unpaired) electrons. The number of carbonyl (C=O) groups excluding carboxylic acids is 1. The number of hydrogen-bond donors (Lipinski definition) is 2. The van der Waals surface area contributed by atoms with Gasteiger partial charge in [-0.05, 0) is 31.6 Å². The second kappa shape index (κ2) is 4.41. The molecule has 16 heavy (non-hydrogen) atoms. The molecule has 1 unspecified atom stereocenters. The summed E-state index contributed by atoms with van der Waals surface area (Å²) in [5.74, 6) is -0.556. The van der Waals surface area contributed by atoms with Crippen molar-refractivity contribution in [3.8, 4) is 0 Å². The minimum Gasteiger partial charge on any atom is -0.480 e. The Hall–Kier alpha value is -1.10. The summed E-state index contributed by atoms with van der Waals surface area (Å²) >= 11 is 0. The molecule has 2 fully saturated rings. The van der Waals surface area contributed by atoms with Crippen LogP contribution in [0.5, 0.6) is 0 Å². The quantitative estimate of drug-likeness (QED) is 0.677. The van der Waals surface area contributed by atoms with E-state index in [2.05, 4.69) is 0 Å². The summed E-state index contributed by atoms with van der Waals surface area (Å²) in [6.45, 7) is -0.180. The van der Waals surface area contributed by atoms with Crippen LogP contribution in [0.4, 0.5) is 0 Å². The van der Waals surface area contributed by atoms with Crippen molar-refractivity contribution < 1.29 is 14.7 Å². The molecule has 5 heteroatoms. The Morgan fingerprint density at radius 2 is 1.94 bits per heavy atom. The van der Waals surface area contributed by atoms with Gasteiger partial charge in [-0.15, -0.1) is 0 Å². The number of rotatable bonds is 6. The molecule has 2 saturated carbocycles. The highest BCUT2D eigenvalue weighted by atomic mass is 16.4. The van der Waals surface area contributed by atoms with Crippen LogP contribution in [0.2, 0.25) is 0 Å². The van der Waals surface area contributed by atoms with Gasteiger partial charge in [0.1, 0.15) is 6.54 Å². The Kier molecular flexibility index (Phi) is 3.14. The average Bonchev–Trinajstić information content (AvgIpc) is 3.01. The Morgan fingerprint density at radius 1 is 1.31 bits per heavy atom. The van der Waals surface area contributed by atoms with E-state index in [1.54, 1.807) is 0 Å². The molecule has 1 atom stereocenters. The third-order valence-electron chi connectivity index (χ3n) is 3.25. The summed E-state index contributed by atoms with van der Waals surface area (Å²) in [6, 6.07) is 0.0672. The average molecular weight is 226 g/mol. The van der Waals surface area contributed by atoms with Crippen molar-refractivity contribution in [3.63, 3.8) is 0 Å². The minimum absolute atomic E-state index is 0.0810. The van der Waals surface area contributed by atoms with Crippen LogP contribution in [-0.2, 0) is 9.59 Å². The molecule has 0 saturated heterocycles. The summed E-state index contributed by atoms with van der Waals surface area (Å²) in [4.78, 5) is 24.0. The molecule has 0 bridgehead atoms. The minimum atomic E-state index is -0.944. The third kappa shape index (κ3) is 2.95. The van der Waals surface area contributed by atoms with Gasteiger partial charge in [-0.2, -0.15) is 0 Å². The van der Waals surface area contributed by atoms with E-state index in [1.807, 2.05) is 0 Å². The lowest BCUT2D eigenvalue weighted by Gasteiger charge is -2.22. The molecule has 0 spiro atoms. The van der Waals surface area contributed by atoms with Crippen LogP contribution in [0.1, 0.15) is 32.1 Å². The molecule has 0 heterocycles. The van der Waals surface area contributed by atoms with Crippen LogP contribution in [0.15, 0.2) is 0 Å². The molecule has 0 aromatic carbocycles. The second-order valence-corrected chi connectivity index (χ2v) is 4.85. The topological polar surface area (TPSA) is 83.6 Å². The van der Waals surface area contributed by atoms with Crippen molar-refractivity contribution in [1.82, 2.24) is 4.90 Å². The normalized spacial score (nSPS) is 21.6. The van der Waals surface area contributed by atoms with Gasteiger partial charge in [0.2, 0.25) is 5.91 Å². The first-order valence-electron chi connectivity index (χ1n) is 5.84. The van der Waals surface area contributed by atoms with Gasteiger partial charge in [-0.25, -0.2) is 0 Å². The molecule has 2 aliphatic carbocycles. The Balaban J connectivity index is 1.85. The van der Waals surface area contributed by atoms with Crippen LogP contribution in [0.25, 0.3) is 0 Å². The smallest absolute Gasteiger partial charge is 0.323 e. The molecule has 2 rings (SSSR count). The van der Waals surface area contributed by atoms with Crippen LogP contribution in [0.3, 0.4) is 0 Å². The van der Waals surface area contributed by atoms with E-state index >= 15 is 0 Å². The lowest BCUT2D eigenvalue weighted by Crippen LogP contribution is -2.40. The monoisotopic (exact) mass is 226 g/mol. The molecule has 90 valence electrons. The molecular formula is C11H18N2O3. The molecule has 0 aromatic rings. The van der Waals surface area contributed by atoms with E-state index in [9.17, 15) is 9.59 Å². The van der Waals surface area contributed by atoms with Gasteiger partial charge in [0.15, 0.2) is 0 Å². The SMILES string of the molecule is NC(CC(=O)N(CC(=O)O)C1CC1)C1CC1. The Labute approximate surface area is 94.6 Å². The van der Waals surface area contributed by atoms with Crippen molar-refractivity contribution in [1.29, 1.82) is 0 Å². The number of carboxylic acids is 1. The lowest BCUT2D eigenvalue weighted by molar-refractivity contribution is -0.145. The van der Waals surface area contributed by atoms with Crippen molar-refractivity contribution in [2.75, 3.05) is 6.54 Å². The number of amides is 1. The highest BCUT2D eigenvalue weighted by Gasteiger charge is 2.36. The number of aliphatic carboxylic acids is 1. The lowest BCUT2D eigenvalue weighted by atomic mass is 10.1. The van der Waals surface area contributed by atoms with Gasteiger partial charge >= 0.3 is 5.97 Å². The number of nitrogens with zero attached hydrogens (tertiary/aromatic N) is 1. The second-order valence-electron chi connectivity index (χ2n) is 4.85. The van der Waals surface area contributed by atoms with E-state index in [-0.39, 0.29) is 24.5 Å². The van der Waals surface area contributed by atoms with Gasteiger partial charge in [-0.1, -0.05) is 0 Å². The van der Waals surface area contributed by atoms with Gasteiger partial charge in [0.25, 0.3) is 0 Å². The number of nitrogens with two attached hydrogens (primary N) is 1. The van der Waals surface area contributed by atoms with E-state index in [4.69, 9.17) is 10.8 Å². The highest BCUT2D eigenvalue weighted by Crippen LogP contribution is 2.34. The zero-order valence-corrected chi connectivity index (χ0v) is 9.26. The largest absolute Gasteiger partial charge is 0.480 e. The highest BCUT2D eigenvalue weighted by molar-refractivity contribution is 5.82. The predicted molar refractivity (Wildman–Crippen MR) is 57.7 cm³/mol. The zero-order chi connectivity index (χ0) is 11.7. The molecule has 3 N–H and O–H groups in total. The fraction of sp³-hybridized carbons (Fsp3) is 0.818. The first-order chi connectivity index (χ1) is 7.58. The molecule has 2 aliphatic rings. The van der Waals surface area contributed by atoms with Gasteiger partial charge in [0, 0.05) is 18.5 Å². The summed E-state index contributed by atoms with van der Waals surface area (Å²) in [5, 5.41) is 8.74. The van der Waals surface area contributed by atoms with Crippen molar-refractivity contribution in [2.24, 2.45) is 11.7 Å². The van der Waals surface area contributed by atoms with Crippen LogP contribution >= 0.6 is 0 Å². The summed E-state index contributed by atoms with van der Waals surface area (Å²) in [5.41, 5.74) is 5.87. The first kappa shape index (κ1) is 11.4. The summed E-state index contributed by atoms with van der Waals surface area (Å²) < 4.78 is 0. The summed E-state index contributed by atoms with van der Waals surface area (Å²) in [7, 11) is 0. The fourth-order valence-electron chi connectivity index (χ4n) is 1.96. The zero-order valence-electron chi connectivity index (χ0n) is 9.26. The number of hydrogen-bond acceptors (Lipinski definition) is 3. The van der Waals surface area contributed by atoms with E-state index < -0.39 is 5.97 Å². The van der Waals surface area contributed by atoms with Crippen LogP contribution in [0, 0.1) is 5.92 Å². The maximum atomic E-state index is 11.9. The maximum Gasteiger partial charge on any atom is 0.323 e. The Morgan fingerprint density at radius 3 is 2.38 bits per heavy atom. The fourth-order valence-corrected chi connectivity index (χ4v) is 1.96. The van der Waals surface area contributed by atoms with Crippen molar-refractivity contribution >= 4 is 11.9 Å². The van der Waals surface area contributed by atoms with Gasteiger partial charge in [0.05, 0.1) is 0 Å². The summed E-state index contributed by atoms with van der Waals surface area (Å²) in [6.07, 6.45) is 4.37. The standard InChI is InChI=1S/C11H18N2O3/c12-9(7-1-2-7)5-10(14)13(6-11(15)16)8-3-4-8/h7-9H,1-6,12H2,(H,15,16). The molecule has 0 aliphatic heterocycles. The van der Waals surface area contributed by atoms with Gasteiger partial charge in [-0.3, -0.25) is 9.59 Å². The van der Waals surface area contributed by atoms with E-state index in [0.717, 1.165) is 25.7 Å². The van der Waals surface area contributed by atoms with Crippen molar-refractivity contribution in [2.45, 2.75) is 44.2 Å². The molecule has 1 amide bonds. The maximum absolute atomic E-state index is 11.9. The molecular weight excluding hydrogens is 208 g/mol. The third-order valence-corrected chi connectivity index (χ3v) is 3.25. The predicted octanol–water partition coefficient (Wildman–Crippen LogP) is 0.189. The van der Waals surface area contributed by atoms with Gasteiger partial charge < -0.3 is 15.7 Å². The first-order valence-corrected chi connectivity index (χ1v) is 5.84. The van der Waals surface area contributed by atoms with Crippen molar-refractivity contribution in [3.05, 3.63) is 0 Å². The number of carboxylic acid groups (broad SMARTS) is 1.